The maximum atomic E-state index is 4.41. The molecule has 0 aliphatic carbocycles. The number of nitrogens with one attached hydrogen (secondary N) is 1. The second kappa shape index (κ2) is 3.31. The summed E-state index contributed by atoms with van der Waals surface area (Å²) in [6, 6.07) is 1.47. The molecular formula is C11H15N3. The fourth-order valence-corrected chi connectivity index (χ4v) is 2.82. The van der Waals surface area contributed by atoms with E-state index in [1.54, 1.807) is 12.4 Å². The third-order valence-electron chi connectivity index (χ3n) is 3.47. The van der Waals surface area contributed by atoms with Crippen LogP contribution in [0.2, 0.25) is 0 Å². The minimum Gasteiger partial charge on any atom is -0.311 e. The molecule has 2 unspecified atom stereocenters. The Morgan fingerprint density at radius 3 is 2.57 bits per heavy atom. The molecule has 3 heterocycles. The van der Waals surface area contributed by atoms with Crippen LogP contribution in [0.5, 0.6) is 0 Å². The Hall–Kier alpha value is -0.960. The quantitative estimate of drug-likeness (QED) is 0.727. The van der Waals surface area contributed by atoms with E-state index in [1.807, 2.05) is 6.20 Å². The molecule has 0 radical (unpaired) electrons. The van der Waals surface area contributed by atoms with E-state index in [0.29, 0.717) is 5.92 Å². The van der Waals surface area contributed by atoms with E-state index in [9.17, 15) is 0 Å². The van der Waals surface area contributed by atoms with Gasteiger partial charge in [-0.25, -0.2) is 0 Å². The van der Waals surface area contributed by atoms with Crippen molar-refractivity contribution in [2.24, 2.45) is 0 Å². The van der Waals surface area contributed by atoms with Crippen LogP contribution in [-0.4, -0.2) is 22.1 Å². The molecular weight excluding hydrogens is 174 g/mol. The average Bonchev–Trinajstić information content (AvgIpc) is 2.59. The predicted octanol–water partition coefficient (Wildman–Crippen LogP) is 1.47. The molecule has 3 heteroatoms. The van der Waals surface area contributed by atoms with Crippen molar-refractivity contribution in [2.75, 3.05) is 0 Å². The standard InChI is InChI=1S/C11H15N3/c1-2-10-6-8(5-9(1)14-10)11-7-12-3-4-13-11/h3-4,7-10,14H,1-2,5-6H2. The second-order valence-corrected chi connectivity index (χ2v) is 4.44. The Bertz CT molecular complexity index is 300. The van der Waals surface area contributed by atoms with Crippen LogP contribution >= 0.6 is 0 Å². The number of aromatic nitrogens is 2. The van der Waals surface area contributed by atoms with Crippen molar-refractivity contribution < 1.29 is 0 Å². The summed E-state index contributed by atoms with van der Waals surface area (Å²) in [5.74, 6) is 0.641. The van der Waals surface area contributed by atoms with Gasteiger partial charge in [-0.2, -0.15) is 0 Å². The highest BCUT2D eigenvalue weighted by atomic mass is 15.0. The highest BCUT2D eigenvalue weighted by Crippen LogP contribution is 2.35. The lowest BCUT2D eigenvalue weighted by molar-refractivity contribution is 0.358. The fraction of sp³-hybridized carbons (Fsp3) is 0.636. The third kappa shape index (κ3) is 1.42. The zero-order valence-corrected chi connectivity index (χ0v) is 8.19. The van der Waals surface area contributed by atoms with Crippen LogP contribution in [0.15, 0.2) is 18.6 Å². The molecule has 0 amide bonds. The van der Waals surface area contributed by atoms with Gasteiger partial charge in [-0.3, -0.25) is 9.97 Å². The molecule has 2 atom stereocenters. The lowest BCUT2D eigenvalue weighted by atomic mass is 9.90. The highest BCUT2D eigenvalue weighted by Gasteiger charge is 2.34. The van der Waals surface area contributed by atoms with Crippen LogP contribution in [0, 0.1) is 0 Å². The summed E-state index contributed by atoms with van der Waals surface area (Å²) in [5, 5.41) is 3.64. The van der Waals surface area contributed by atoms with E-state index < -0.39 is 0 Å². The minimum atomic E-state index is 0.641. The highest BCUT2D eigenvalue weighted by molar-refractivity contribution is 5.09. The first-order chi connectivity index (χ1) is 6.92. The molecule has 2 aliphatic rings. The van der Waals surface area contributed by atoms with Gasteiger partial charge >= 0.3 is 0 Å². The summed E-state index contributed by atoms with van der Waals surface area (Å²) < 4.78 is 0. The third-order valence-corrected chi connectivity index (χ3v) is 3.47. The predicted molar refractivity (Wildman–Crippen MR) is 54.0 cm³/mol. The van der Waals surface area contributed by atoms with E-state index >= 15 is 0 Å². The normalized spacial score (nSPS) is 35.9. The van der Waals surface area contributed by atoms with Crippen molar-refractivity contribution in [3.63, 3.8) is 0 Å². The Morgan fingerprint density at radius 2 is 1.93 bits per heavy atom. The maximum absolute atomic E-state index is 4.41. The van der Waals surface area contributed by atoms with Gasteiger partial charge in [0, 0.05) is 36.6 Å². The van der Waals surface area contributed by atoms with E-state index in [1.165, 1.54) is 31.4 Å². The molecule has 3 rings (SSSR count). The van der Waals surface area contributed by atoms with Gasteiger partial charge in [-0.05, 0) is 25.7 Å². The minimum absolute atomic E-state index is 0.641. The molecule has 0 spiro atoms. The van der Waals surface area contributed by atoms with Crippen molar-refractivity contribution in [1.29, 1.82) is 0 Å². The number of piperidine rings is 1. The molecule has 1 aromatic heterocycles. The first-order valence-corrected chi connectivity index (χ1v) is 5.44. The number of nitrogens with zero attached hydrogens (tertiary/aromatic N) is 2. The average molecular weight is 189 g/mol. The van der Waals surface area contributed by atoms with Crippen LogP contribution in [0.4, 0.5) is 0 Å². The van der Waals surface area contributed by atoms with Gasteiger partial charge in [-0.15, -0.1) is 0 Å². The largest absolute Gasteiger partial charge is 0.311 e. The summed E-state index contributed by atoms with van der Waals surface area (Å²) in [4.78, 5) is 8.56. The molecule has 2 fully saturated rings. The first-order valence-electron chi connectivity index (χ1n) is 5.44. The van der Waals surface area contributed by atoms with Crippen LogP contribution in [-0.2, 0) is 0 Å². The first kappa shape index (κ1) is 8.36. The molecule has 2 bridgehead atoms. The van der Waals surface area contributed by atoms with Gasteiger partial charge in [0.1, 0.15) is 0 Å². The van der Waals surface area contributed by atoms with Gasteiger partial charge in [0.05, 0.1) is 5.69 Å². The lowest BCUT2D eigenvalue weighted by Crippen LogP contribution is -2.37. The number of rotatable bonds is 1. The molecule has 2 saturated heterocycles. The molecule has 3 nitrogen and oxygen atoms in total. The monoisotopic (exact) mass is 189 g/mol. The number of hydrogen-bond donors (Lipinski definition) is 1. The topological polar surface area (TPSA) is 37.8 Å². The number of hydrogen-bond acceptors (Lipinski definition) is 3. The number of fused-ring (bicyclic) bond motifs is 2. The summed E-state index contributed by atoms with van der Waals surface area (Å²) >= 11 is 0. The van der Waals surface area contributed by atoms with E-state index in [0.717, 1.165) is 12.1 Å². The summed E-state index contributed by atoms with van der Waals surface area (Å²) in [6.45, 7) is 0. The van der Waals surface area contributed by atoms with E-state index in [-0.39, 0.29) is 0 Å². The maximum Gasteiger partial charge on any atom is 0.0618 e. The van der Waals surface area contributed by atoms with Crippen molar-refractivity contribution in [2.45, 2.75) is 43.7 Å². The molecule has 1 N–H and O–H groups in total. The van der Waals surface area contributed by atoms with Crippen molar-refractivity contribution in [1.82, 2.24) is 15.3 Å². The molecule has 14 heavy (non-hydrogen) atoms. The van der Waals surface area contributed by atoms with Crippen molar-refractivity contribution >= 4 is 0 Å². The van der Waals surface area contributed by atoms with Gasteiger partial charge in [0.15, 0.2) is 0 Å². The van der Waals surface area contributed by atoms with Gasteiger partial charge in [0.2, 0.25) is 0 Å². The van der Waals surface area contributed by atoms with E-state index in [4.69, 9.17) is 0 Å². The summed E-state index contributed by atoms with van der Waals surface area (Å²) in [5.41, 5.74) is 1.19. The van der Waals surface area contributed by atoms with E-state index in [2.05, 4.69) is 15.3 Å². The van der Waals surface area contributed by atoms with Crippen molar-refractivity contribution in [3.8, 4) is 0 Å². The van der Waals surface area contributed by atoms with Crippen LogP contribution in [0.25, 0.3) is 0 Å². The smallest absolute Gasteiger partial charge is 0.0618 e. The summed E-state index contributed by atoms with van der Waals surface area (Å²) in [6.07, 6.45) is 10.7. The zero-order valence-electron chi connectivity index (χ0n) is 8.19. The second-order valence-electron chi connectivity index (χ2n) is 4.44. The Kier molecular flexibility index (Phi) is 1.98. The molecule has 0 saturated carbocycles. The van der Waals surface area contributed by atoms with Gasteiger partial charge < -0.3 is 5.32 Å². The van der Waals surface area contributed by atoms with Crippen molar-refractivity contribution in [3.05, 3.63) is 24.3 Å². The lowest BCUT2D eigenvalue weighted by Gasteiger charge is -2.28. The van der Waals surface area contributed by atoms with Crippen LogP contribution < -0.4 is 5.32 Å². The Morgan fingerprint density at radius 1 is 1.14 bits per heavy atom. The molecule has 0 aromatic carbocycles. The Labute approximate surface area is 84.0 Å². The summed E-state index contributed by atoms with van der Waals surface area (Å²) in [7, 11) is 0. The van der Waals surface area contributed by atoms with Crippen LogP contribution in [0.1, 0.15) is 37.3 Å². The molecule has 2 aliphatic heterocycles. The fourth-order valence-electron chi connectivity index (χ4n) is 2.82. The SMILES string of the molecule is c1cnc(C2CC3CCC(C2)N3)cn1. The van der Waals surface area contributed by atoms with Gasteiger partial charge in [0.25, 0.3) is 0 Å². The molecule has 74 valence electrons. The molecule has 1 aromatic rings. The van der Waals surface area contributed by atoms with Crippen LogP contribution in [0.3, 0.4) is 0 Å². The zero-order chi connectivity index (χ0) is 9.38. The van der Waals surface area contributed by atoms with Gasteiger partial charge in [-0.1, -0.05) is 0 Å². The Balaban J connectivity index is 1.81.